The van der Waals surface area contributed by atoms with Crippen LogP contribution in [0.3, 0.4) is 0 Å². The van der Waals surface area contributed by atoms with E-state index in [4.69, 9.17) is 0 Å². The highest BCUT2D eigenvalue weighted by Gasteiger charge is 2.32. The molecule has 1 saturated carbocycles. The monoisotopic (exact) mass is 425 g/mol. The van der Waals surface area contributed by atoms with Gasteiger partial charge >= 0.3 is 0 Å². The molecule has 2 aromatic rings. The van der Waals surface area contributed by atoms with Gasteiger partial charge in [0.05, 0.1) is 10.6 Å². The summed E-state index contributed by atoms with van der Waals surface area (Å²) < 4.78 is 14.6. The largest absolute Gasteiger partial charge is 0.366 e. The van der Waals surface area contributed by atoms with Gasteiger partial charge in [-0.3, -0.25) is 14.9 Å². The second-order valence-corrected chi connectivity index (χ2v) is 8.22. The first-order chi connectivity index (χ1) is 14.9. The van der Waals surface area contributed by atoms with Crippen molar-refractivity contribution in [2.75, 3.05) is 31.1 Å². The van der Waals surface area contributed by atoms with Gasteiger partial charge in [-0.05, 0) is 42.0 Å². The fourth-order valence-corrected chi connectivity index (χ4v) is 4.06. The normalized spacial score (nSPS) is 17.4. The number of nitro groups is 1. The molecule has 0 spiro atoms. The van der Waals surface area contributed by atoms with Crippen LogP contribution in [0, 0.1) is 15.9 Å². The maximum Gasteiger partial charge on any atom is 0.270 e. The van der Waals surface area contributed by atoms with E-state index >= 15 is 0 Å². The molecule has 4 rings (SSSR count). The molecule has 1 unspecified atom stereocenters. The highest BCUT2D eigenvalue weighted by atomic mass is 19.1. The number of nitro benzene ring substituents is 1. The van der Waals surface area contributed by atoms with Crippen molar-refractivity contribution in [3.8, 4) is 0 Å². The number of carbonyl (C=O) groups is 2. The zero-order valence-corrected chi connectivity index (χ0v) is 17.3. The lowest BCUT2D eigenvalue weighted by molar-refractivity contribution is -0.384. The molecule has 0 N–H and O–H groups in total. The molecule has 1 aliphatic carbocycles. The Kier molecular flexibility index (Phi) is 5.71. The lowest BCUT2D eigenvalue weighted by Crippen LogP contribution is -2.49. The van der Waals surface area contributed by atoms with Crippen LogP contribution in [0.2, 0.25) is 0 Å². The number of benzene rings is 2. The maximum atomic E-state index is 14.6. The summed E-state index contributed by atoms with van der Waals surface area (Å²) in [5.74, 6) is -0.669. The minimum atomic E-state index is -0.483. The van der Waals surface area contributed by atoms with Gasteiger partial charge in [-0.25, -0.2) is 4.39 Å². The summed E-state index contributed by atoms with van der Waals surface area (Å²) in [4.78, 5) is 38.4. The Morgan fingerprint density at radius 2 is 1.87 bits per heavy atom. The average molecular weight is 425 g/mol. The van der Waals surface area contributed by atoms with Crippen LogP contribution < -0.4 is 4.90 Å². The molecule has 2 aliphatic rings. The molecule has 0 radical (unpaired) electrons. The van der Waals surface area contributed by atoms with Crippen molar-refractivity contribution < 1.29 is 18.9 Å². The number of carbonyl (C=O) groups excluding carboxylic acids is 2. The standard InChI is InChI=1S/C23H24FN3O4/c1-15(14-28)17-4-7-22(21(24)12-17)25-8-10-26(11-9-25)23(29)20-13-18(27(30)31)5-6-19(20)16-2-3-16/h4-7,12-16H,2-3,8-11H2,1H3. The van der Waals surface area contributed by atoms with E-state index in [0.29, 0.717) is 48.9 Å². The van der Waals surface area contributed by atoms with Crippen LogP contribution in [0.4, 0.5) is 15.8 Å². The lowest BCUT2D eigenvalue weighted by Gasteiger charge is -2.36. The topological polar surface area (TPSA) is 83.8 Å². The summed E-state index contributed by atoms with van der Waals surface area (Å²) in [5, 5.41) is 11.2. The first-order valence-electron chi connectivity index (χ1n) is 10.5. The molecule has 2 fully saturated rings. The SMILES string of the molecule is CC(C=O)c1ccc(N2CCN(C(=O)c3cc([N+](=O)[O-])ccc3C3CC3)CC2)c(F)c1. The molecule has 162 valence electrons. The van der Waals surface area contributed by atoms with Gasteiger partial charge < -0.3 is 14.6 Å². The Bertz CT molecular complexity index is 1030. The number of amides is 1. The van der Waals surface area contributed by atoms with Gasteiger partial charge in [-0.15, -0.1) is 0 Å². The number of aldehydes is 1. The van der Waals surface area contributed by atoms with Crippen molar-refractivity contribution in [1.82, 2.24) is 4.90 Å². The number of piperazine rings is 1. The van der Waals surface area contributed by atoms with Crippen molar-refractivity contribution in [3.63, 3.8) is 0 Å². The maximum absolute atomic E-state index is 14.6. The first kappa shape index (κ1) is 21.0. The van der Waals surface area contributed by atoms with E-state index in [9.17, 15) is 24.1 Å². The number of rotatable bonds is 6. The molecule has 7 nitrogen and oxygen atoms in total. The number of hydrogen-bond donors (Lipinski definition) is 0. The predicted molar refractivity (Wildman–Crippen MR) is 114 cm³/mol. The molecule has 8 heteroatoms. The minimum absolute atomic E-state index is 0.0851. The molecule has 1 saturated heterocycles. The van der Waals surface area contributed by atoms with E-state index in [0.717, 1.165) is 24.7 Å². The lowest BCUT2D eigenvalue weighted by atomic mass is 10.0. The smallest absolute Gasteiger partial charge is 0.270 e. The number of non-ortho nitro benzene ring substituents is 1. The zero-order chi connectivity index (χ0) is 22.1. The molecule has 0 bridgehead atoms. The molecule has 1 atom stereocenters. The van der Waals surface area contributed by atoms with E-state index in [1.54, 1.807) is 30.0 Å². The fraction of sp³-hybridized carbons (Fsp3) is 0.391. The first-order valence-corrected chi connectivity index (χ1v) is 10.5. The Balaban J connectivity index is 1.48. The zero-order valence-electron chi connectivity index (χ0n) is 17.3. The Morgan fingerprint density at radius 3 is 2.45 bits per heavy atom. The molecule has 1 aliphatic heterocycles. The van der Waals surface area contributed by atoms with Gasteiger partial charge in [0, 0.05) is 49.8 Å². The van der Waals surface area contributed by atoms with Crippen LogP contribution in [-0.2, 0) is 4.79 Å². The van der Waals surface area contributed by atoms with Gasteiger partial charge in [0.2, 0.25) is 0 Å². The second-order valence-electron chi connectivity index (χ2n) is 8.22. The Hall–Kier alpha value is -3.29. The van der Waals surface area contributed by atoms with Gasteiger partial charge in [-0.2, -0.15) is 0 Å². The third-order valence-corrected chi connectivity index (χ3v) is 6.10. The fourth-order valence-electron chi connectivity index (χ4n) is 4.06. The summed E-state index contributed by atoms with van der Waals surface area (Å²) in [6, 6.07) is 9.36. The van der Waals surface area contributed by atoms with E-state index in [2.05, 4.69) is 0 Å². The van der Waals surface area contributed by atoms with Crippen LogP contribution in [0.15, 0.2) is 36.4 Å². The average Bonchev–Trinajstić information content (AvgIpc) is 3.63. The number of hydrogen-bond acceptors (Lipinski definition) is 5. The number of halogens is 1. The van der Waals surface area contributed by atoms with Crippen molar-refractivity contribution in [2.45, 2.75) is 31.6 Å². The van der Waals surface area contributed by atoms with Gasteiger partial charge in [0.25, 0.3) is 11.6 Å². The highest BCUT2D eigenvalue weighted by molar-refractivity contribution is 5.97. The number of anilines is 1. The third kappa shape index (κ3) is 4.28. The third-order valence-electron chi connectivity index (χ3n) is 6.10. The van der Waals surface area contributed by atoms with E-state index in [1.165, 1.54) is 18.2 Å². The van der Waals surface area contributed by atoms with Gasteiger partial charge in [0.15, 0.2) is 0 Å². The quantitative estimate of drug-likeness (QED) is 0.398. The van der Waals surface area contributed by atoms with Gasteiger partial charge in [0.1, 0.15) is 12.1 Å². The summed E-state index contributed by atoms with van der Waals surface area (Å²) in [6.07, 6.45) is 2.76. The molecular weight excluding hydrogens is 401 g/mol. The number of nitrogens with zero attached hydrogens (tertiary/aromatic N) is 3. The summed E-state index contributed by atoms with van der Waals surface area (Å²) in [6.45, 7) is 3.43. The highest BCUT2D eigenvalue weighted by Crippen LogP contribution is 2.42. The van der Waals surface area contributed by atoms with E-state index < -0.39 is 4.92 Å². The minimum Gasteiger partial charge on any atom is -0.366 e. The van der Waals surface area contributed by atoms with Crippen LogP contribution >= 0.6 is 0 Å². The van der Waals surface area contributed by atoms with Crippen molar-refractivity contribution in [2.24, 2.45) is 0 Å². The van der Waals surface area contributed by atoms with Crippen LogP contribution in [0.25, 0.3) is 0 Å². The summed E-state index contributed by atoms with van der Waals surface area (Å²) in [7, 11) is 0. The van der Waals surface area contributed by atoms with E-state index in [-0.39, 0.29) is 23.3 Å². The Morgan fingerprint density at radius 1 is 1.16 bits per heavy atom. The van der Waals surface area contributed by atoms with Gasteiger partial charge in [-0.1, -0.05) is 19.1 Å². The molecule has 2 aromatic carbocycles. The van der Waals surface area contributed by atoms with Crippen LogP contribution in [0.5, 0.6) is 0 Å². The molecular formula is C23H24FN3O4. The predicted octanol–water partition coefficient (Wildman–Crippen LogP) is 3.88. The molecule has 0 aromatic heterocycles. The van der Waals surface area contributed by atoms with Crippen molar-refractivity contribution in [1.29, 1.82) is 0 Å². The molecule has 1 heterocycles. The van der Waals surface area contributed by atoms with Crippen LogP contribution in [0.1, 0.15) is 53.1 Å². The Labute approximate surface area is 179 Å². The van der Waals surface area contributed by atoms with Crippen molar-refractivity contribution in [3.05, 3.63) is 69.0 Å². The van der Waals surface area contributed by atoms with E-state index in [1.807, 2.05) is 4.90 Å². The summed E-state index contributed by atoms with van der Waals surface area (Å²) in [5.41, 5.74) is 2.27. The molecule has 1 amide bonds. The second kappa shape index (κ2) is 8.45. The van der Waals surface area contributed by atoms with Crippen molar-refractivity contribution >= 4 is 23.6 Å². The summed E-state index contributed by atoms with van der Waals surface area (Å²) >= 11 is 0. The van der Waals surface area contributed by atoms with Crippen LogP contribution in [-0.4, -0.2) is 48.2 Å². The molecule has 31 heavy (non-hydrogen) atoms.